The third-order valence-corrected chi connectivity index (χ3v) is 1.90. The summed E-state index contributed by atoms with van der Waals surface area (Å²) in [6, 6.07) is 8.98. The van der Waals surface area contributed by atoms with Crippen LogP contribution in [-0.4, -0.2) is 17.1 Å². The maximum absolute atomic E-state index is 10.4. The average Bonchev–Trinajstić information content (AvgIpc) is 2.15. The van der Waals surface area contributed by atoms with Gasteiger partial charge in [0, 0.05) is 35.6 Å². The van der Waals surface area contributed by atoms with Gasteiger partial charge in [-0.3, -0.25) is 4.79 Å². The third kappa shape index (κ3) is 4.91. The molecule has 0 aromatic heterocycles. The molecular weight excluding hydrogens is 305 g/mol. The fourth-order valence-corrected chi connectivity index (χ4v) is 1.09. The average molecular weight is 318 g/mol. The second-order valence-electron chi connectivity index (χ2n) is 2.97. The van der Waals surface area contributed by atoms with Crippen LogP contribution in [0.5, 0.6) is 0 Å². The summed E-state index contributed by atoms with van der Waals surface area (Å²) in [5, 5.41) is 8.54. The number of nitrogens with two attached hydrogens (primary N) is 1. The molecule has 0 saturated heterocycles. The summed E-state index contributed by atoms with van der Waals surface area (Å²) >= 11 is 0. The van der Waals surface area contributed by atoms with Crippen LogP contribution in [-0.2, 0) is 11.2 Å². The first-order valence-corrected chi connectivity index (χ1v) is 4.22. The Kier molecular flexibility index (Phi) is 7.10. The molecule has 0 amide bonds. The molecule has 0 fully saturated rings. The van der Waals surface area contributed by atoms with Crippen LogP contribution in [0.25, 0.3) is 0 Å². The first kappa shape index (κ1) is 13.8. The van der Waals surface area contributed by atoms with E-state index < -0.39 is 12.0 Å². The first-order valence-electron chi connectivity index (χ1n) is 4.22. The van der Waals surface area contributed by atoms with Gasteiger partial charge in [-0.05, 0) is 18.4 Å². The summed E-state index contributed by atoms with van der Waals surface area (Å²) in [4.78, 5) is 10.4. The Morgan fingerprint density at radius 3 is 2.43 bits per heavy atom. The van der Waals surface area contributed by atoms with Gasteiger partial charge in [0.2, 0.25) is 0 Å². The van der Waals surface area contributed by atoms with Crippen LogP contribution >= 0.6 is 0 Å². The monoisotopic (exact) mass is 318 g/mol. The summed E-state index contributed by atoms with van der Waals surface area (Å²) in [5.74, 6) is -0.934. The fourth-order valence-electron chi connectivity index (χ4n) is 1.09. The van der Waals surface area contributed by atoms with E-state index in [0.29, 0.717) is 12.8 Å². The minimum Gasteiger partial charge on any atom is -0.480 e. The number of carboxylic acid groups (broad SMARTS) is 1. The van der Waals surface area contributed by atoms with E-state index in [-0.39, 0.29) is 35.6 Å². The van der Waals surface area contributed by atoms with E-state index >= 15 is 0 Å². The summed E-state index contributed by atoms with van der Waals surface area (Å²) in [5.41, 5.74) is 6.49. The van der Waals surface area contributed by atoms with E-state index in [4.69, 9.17) is 10.8 Å². The molecule has 0 spiro atoms. The largest absolute Gasteiger partial charge is 0.480 e. The van der Waals surface area contributed by atoms with Gasteiger partial charge >= 0.3 is 5.97 Å². The van der Waals surface area contributed by atoms with Crippen LogP contribution < -0.4 is 5.73 Å². The number of benzene rings is 1. The minimum atomic E-state index is -0.934. The zero-order chi connectivity index (χ0) is 9.68. The van der Waals surface area contributed by atoms with Crippen molar-refractivity contribution < 1.29 is 45.5 Å². The molecule has 1 radical (unpaired) electrons. The molecule has 0 heterocycles. The molecule has 1 aromatic carbocycles. The molecule has 0 aliphatic rings. The Morgan fingerprint density at radius 1 is 1.36 bits per heavy atom. The van der Waals surface area contributed by atoms with Gasteiger partial charge < -0.3 is 10.8 Å². The number of aryl methyl sites for hydroxylation is 1. The zero-order valence-corrected chi connectivity index (χ0v) is 11.5. The van der Waals surface area contributed by atoms with Crippen molar-refractivity contribution in [1.82, 2.24) is 0 Å². The molecule has 0 saturated carbocycles. The maximum atomic E-state index is 10.4. The number of hydrogen-bond acceptors (Lipinski definition) is 2. The van der Waals surface area contributed by atoms with Crippen molar-refractivity contribution in [3.8, 4) is 0 Å². The molecule has 0 aliphatic carbocycles. The fraction of sp³-hybridized carbons (Fsp3) is 0.300. The van der Waals surface area contributed by atoms with Crippen molar-refractivity contribution in [2.75, 3.05) is 0 Å². The third-order valence-electron chi connectivity index (χ3n) is 1.90. The van der Waals surface area contributed by atoms with Gasteiger partial charge in [-0.2, -0.15) is 0 Å². The quantitative estimate of drug-likeness (QED) is 0.872. The zero-order valence-electron chi connectivity index (χ0n) is 7.89. The predicted molar refractivity (Wildman–Crippen MR) is 50.4 cm³/mol. The van der Waals surface area contributed by atoms with Crippen LogP contribution in [0.1, 0.15) is 12.0 Å². The Bertz CT molecular complexity index is 277. The molecule has 3 N–H and O–H groups in total. The second kappa shape index (κ2) is 7.18. The van der Waals surface area contributed by atoms with E-state index in [1.165, 1.54) is 0 Å². The van der Waals surface area contributed by atoms with Gasteiger partial charge in [-0.15, -0.1) is 0 Å². The molecule has 1 atom stereocenters. The Labute approximate surface area is 111 Å². The van der Waals surface area contributed by atoms with Gasteiger partial charge in [0.05, 0.1) is 0 Å². The molecule has 0 unspecified atom stereocenters. The summed E-state index contributed by atoms with van der Waals surface area (Å²) in [6.07, 6.45) is 1.20. The standard InChI is InChI=1S/C10H13NO2.La/c11-9(10(12)13)7-6-8-4-2-1-3-5-8;/h1-5,9H,6-7,11H2,(H,12,13);/t9-;/m1./s1. The van der Waals surface area contributed by atoms with Crippen LogP contribution in [0.3, 0.4) is 0 Å². The van der Waals surface area contributed by atoms with Crippen LogP contribution in [0.15, 0.2) is 30.3 Å². The number of carbonyl (C=O) groups is 1. The van der Waals surface area contributed by atoms with Crippen molar-refractivity contribution in [3.63, 3.8) is 0 Å². The summed E-state index contributed by atoms with van der Waals surface area (Å²) < 4.78 is 0. The SMILES string of the molecule is N[C@H](CCc1ccccc1)C(=O)O.[La]. The molecule has 3 nitrogen and oxygen atoms in total. The van der Waals surface area contributed by atoms with Gasteiger partial charge in [0.25, 0.3) is 0 Å². The van der Waals surface area contributed by atoms with Crippen LogP contribution in [0, 0.1) is 35.6 Å². The molecule has 0 aliphatic heterocycles. The van der Waals surface area contributed by atoms with Gasteiger partial charge in [0.1, 0.15) is 6.04 Å². The molecule has 4 heteroatoms. The van der Waals surface area contributed by atoms with Crippen molar-refractivity contribution in [1.29, 1.82) is 0 Å². The van der Waals surface area contributed by atoms with Gasteiger partial charge in [-0.25, -0.2) is 0 Å². The van der Waals surface area contributed by atoms with E-state index in [1.807, 2.05) is 30.3 Å². The van der Waals surface area contributed by atoms with Crippen molar-refractivity contribution >= 4 is 5.97 Å². The molecule has 14 heavy (non-hydrogen) atoms. The molecule has 73 valence electrons. The van der Waals surface area contributed by atoms with E-state index in [0.717, 1.165) is 5.56 Å². The Hall–Kier alpha value is -0.155. The van der Waals surface area contributed by atoms with E-state index in [1.54, 1.807) is 0 Å². The summed E-state index contributed by atoms with van der Waals surface area (Å²) in [7, 11) is 0. The number of aliphatic carboxylic acids is 1. The molecular formula is C10H13LaNO2. The number of rotatable bonds is 4. The molecule has 1 aromatic rings. The van der Waals surface area contributed by atoms with Gasteiger partial charge in [0.15, 0.2) is 0 Å². The smallest absolute Gasteiger partial charge is 0.320 e. The minimum absolute atomic E-state index is 0. The van der Waals surface area contributed by atoms with Crippen molar-refractivity contribution in [3.05, 3.63) is 35.9 Å². The van der Waals surface area contributed by atoms with Crippen LogP contribution in [0.2, 0.25) is 0 Å². The predicted octanol–water partition coefficient (Wildman–Crippen LogP) is 1.03. The maximum Gasteiger partial charge on any atom is 0.320 e. The number of carboxylic acids is 1. The van der Waals surface area contributed by atoms with Crippen LogP contribution in [0.4, 0.5) is 0 Å². The molecule has 0 bridgehead atoms. The topological polar surface area (TPSA) is 63.3 Å². The normalized spacial score (nSPS) is 11.5. The van der Waals surface area contributed by atoms with E-state index in [9.17, 15) is 4.79 Å². The Morgan fingerprint density at radius 2 is 1.93 bits per heavy atom. The van der Waals surface area contributed by atoms with E-state index in [2.05, 4.69) is 0 Å². The van der Waals surface area contributed by atoms with Gasteiger partial charge in [-0.1, -0.05) is 30.3 Å². The number of hydrogen-bond donors (Lipinski definition) is 2. The summed E-state index contributed by atoms with van der Waals surface area (Å²) in [6.45, 7) is 0. The van der Waals surface area contributed by atoms with Crippen molar-refractivity contribution in [2.45, 2.75) is 18.9 Å². The second-order valence-corrected chi connectivity index (χ2v) is 2.97. The Balaban J connectivity index is 0.00000169. The first-order chi connectivity index (χ1) is 6.20. The molecule has 1 rings (SSSR count). The van der Waals surface area contributed by atoms with Crippen molar-refractivity contribution in [2.24, 2.45) is 5.73 Å².